The van der Waals surface area contributed by atoms with Crippen LogP contribution in [0.4, 0.5) is 10.5 Å². The maximum Gasteiger partial charge on any atom is 0.319 e. The smallest absolute Gasteiger partial charge is 0.319 e. The average molecular weight is 277 g/mol. The van der Waals surface area contributed by atoms with Crippen LogP contribution in [-0.4, -0.2) is 19.6 Å². The lowest BCUT2D eigenvalue weighted by atomic mass is 10.1. The van der Waals surface area contributed by atoms with Gasteiger partial charge < -0.3 is 16.0 Å². The molecule has 0 aliphatic carbocycles. The van der Waals surface area contributed by atoms with Crippen molar-refractivity contribution in [1.29, 1.82) is 0 Å². The number of rotatable bonds is 8. The van der Waals surface area contributed by atoms with Crippen LogP contribution in [0, 0.1) is 0 Å². The van der Waals surface area contributed by atoms with Crippen molar-refractivity contribution in [2.45, 2.75) is 45.6 Å². The summed E-state index contributed by atoms with van der Waals surface area (Å²) in [6.45, 7) is 5.00. The molecule has 0 aliphatic heterocycles. The number of amides is 2. The lowest BCUT2D eigenvalue weighted by molar-refractivity contribution is 0.252. The fraction of sp³-hybridized carbons (Fsp3) is 0.562. The van der Waals surface area contributed by atoms with Crippen molar-refractivity contribution >= 4 is 11.7 Å². The highest BCUT2D eigenvalue weighted by Gasteiger charge is 2.05. The Hall–Kier alpha value is -1.55. The summed E-state index contributed by atoms with van der Waals surface area (Å²) in [4.78, 5) is 11.8. The van der Waals surface area contributed by atoms with Crippen LogP contribution in [0.25, 0.3) is 0 Å². The molecule has 0 saturated heterocycles. The summed E-state index contributed by atoms with van der Waals surface area (Å²) in [6.07, 6.45) is 4.65. The van der Waals surface area contributed by atoms with Gasteiger partial charge in [-0.15, -0.1) is 0 Å². The molecule has 1 unspecified atom stereocenters. The van der Waals surface area contributed by atoms with Gasteiger partial charge in [0.15, 0.2) is 0 Å². The Balaban J connectivity index is 2.38. The summed E-state index contributed by atoms with van der Waals surface area (Å²) in [7, 11) is 1.92. The van der Waals surface area contributed by atoms with Gasteiger partial charge in [-0.05, 0) is 38.1 Å². The summed E-state index contributed by atoms with van der Waals surface area (Å²) in [6, 6.07) is 8.06. The maximum atomic E-state index is 11.8. The first-order valence-electron chi connectivity index (χ1n) is 7.49. The molecule has 0 aliphatic rings. The second-order valence-corrected chi connectivity index (χ2v) is 5.08. The van der Waals surface area contributed by atoms with Crippen LogP contribution in [0.15, 0.2) is 24.3 Å². The number of anilines is 1. The van der Waals surface area contributed by atoms with Crippen molar-refractivity contribution in [2.24, 2.45) is 0 Å². The van der Waals surface area contributed by atoms with E-state index in [9.17, 15) is 4.79 Å². The molecule has 1 aromatic rings. The number of carbonyl (C=O) groups is 1. The zero-order valence-corrected chi connectivity index (χ0v) is 12.8. The molecule has 0 aromatic heterocycles. The third-order valence-electron chi connectivity index (χ3n) is 3.39. The van der Waals surface area contributed by atoms with Crippen LogP contribution >= 0.6 is 0 Å². The second kappa shape index (κ2) is 9.37. The molecule has 20 heavy (non-hydrogen) atoms. The Labute approximate surface area is 122 Å². The molecule has 0 heterocycles. The van der Waals surface area contributed by atoms with E-state index in [0.717, 1.165) is 24.2 Å². The minimum Gasteiger partial charge on any atom is -0.338 e. The summed E-state index contributed by atoms with van der Waals surface area (Å²) in [5.74, 6) is 0. The fourth-order valence-corrected chi connectivity index (χ4v) is 1.98. The first-order valence-corrected chi connectivity index (χ1v) is 7.49. The van der Waals surface area contributed by atoms with E-state index >= 15 is 0 Å². The number of urea groups is 1. The maximum absolute atomic E-state index is 11.8. The van der Waals surface area contributed by atoms with Gasteiger partial charge in [0, 0.05) is 18.3 Å². The minimum absolute atomic E-state index is 0.129. The van der Waals surface area contributed by atoms with E-state index < -0.39 is 0 Å². The monoisotopic (exact) mass is 277 g/mol. The van der Waals surface area contributed by atoms with Gasteiger partial charge in [0.05, 0.1) is 0 Å². The van der Waals surface area contributed by atoms with E-state index in [2.05, 4.69) is 35.9 Å². The van der Waals surface area contributed by atoms with Crippen LogP contribution < -0.4 is 16.0 Å². The average Bonchev–Trinajstić information content (AvgIpc) is 2.46. The zero-order valence-electron chi connectivity index (χ0n) is 12.8. The van der Waals surface area contributed by atoms with Gasteiger partial charge in [-0.25, -0.2) is 4.79 Å². The van der Waals surface area contributed by atoms with E-state index in [1.54, 1.807) is 0 Å². The summed E-state index contributed by atoms with van der Waals surface area (Å²) >= 11 is 0. The third-order valence-corrected chi connectivity index (χ3v) is 3.39. The van der Waals surface area contributed by atoms with E-state index in [4.69, 9.17) is 0 Å². The predicted octanol–water partition coefficient (Wildman–Crippen LogP) is 3.67. The molecule has 1 atom stereocenters. The Morgan fingerprint density at radius 2 is 2.05 bits per heavy atom. The van der Waals surface area contributed by atoms with Gasteiger partial charge in [-0.2, -0.15) is 0 Å². The van der Waals surface area contributed by atoms with E-state index in [-0.39, 0.29) is 12.1 Å². The van der Waals surface area contributed by atoms with Crippen LogP contribution in [0.2, 0.25) is 0 Å². The van der Waals surface area contributed by atoms with Crippen LogP contribution in [0.3, 0.4) is 0 Å². The standard InChI is InChI=1S/C16H27N3O/c1-4-5-6-7-11-18-16(20)19-15-10-8-9-14(12-15)13(2)17-3/h8-10,12-13,17H,4-7,11H2,1-3H3,(H2,18,19,20). The molecule has 4 nitrogen and oxygen atoms in total. The van der Waals surface area contributed by atoms with E-state index in [0.29, 0.717) is 0 Å². The van der Waals surface area contributed by atoms with Crippen molar-refractivity contribution in [3.63, 3.8) is 0 Å². The number of carbonyl (C=O) groups excluding carboxylic acids is 1. The summed E-state index contributed by atoms with van der Waals surface area (Å²) in [5, 5.41) is 8.95. The Morgan fingerprint density at radius 1 is 1.25 bits per heavy atom. The van der Waals surface area contributed by atoms with Crippen LogP contribution in [-0.2, 0) is 0 Å². The molecule has 1 aromatic carbocycles. The first-order chi connectivity index (χ1) is 9.67. The molecule has 2 amide bonds. The summed E-state index contributed by atoms with van der Waals surface area (Å²) in [5.41, 5.74) is 1.99. The molecule has 3 N–H and O–H groups in total. The lowest BCUT2D eigenvalue weighted by Crippen LogP contribution is -2.29. The first kappa shape index (κ1) is 16.5. The minimum atomic E-state index is -0.129. The normalized spacial score (nSPS) is 11.9. The number of hydrogen-bond acceptors (Lipinski definition) is 2. The quantitative estimate of drug-likeness (QED) is 0.635. The van der Waals surface area contributed by atoms with E-state index in [1.807, 2.05) is 25.2 Å². The molecular weight excluding hydrogens is 250 g/mol. The second-order valence-electron chi connectivity index (χ2n) is 5.08. The van der Waals surface area contributed by atoms with Gasteiger partial charge in [-0.3, -0.25) is 0 Å². The Bertz CT molecular complexity index is 406. The highest BCUT2D eigenvalue weighted by Crippen LogP contribution is 2.16. The highest BCUT2D eigenvalue weighted by molar-refractivity contribution is 5.89. The van der Waals surface area contributed by atoms with Crippen LogP contribution in [0.1, 0.15) is 51.1 Å². The highest BCUT2D eigenvalue weighted by atomic mass is 16.2. The number of hydrogen-bond donors (Lipinski definition) is 3. The zero-order chi connectivity index (χ0) is 14.8. The van der Waals surface area contributed by atoms with Gasteiger partial charge >= 0.3 is 6.03 Å². The lowest BCUT2D eigenvalue weighted by Gasteiger charge is -2.13. The molecule has 0 spiro atoms. The van der Waals surface area contributed by atoms with Crippen molar-refractivity contribution in [3.8, 4) is 0 Å². The molecular formula is C16H27N3O. The molecule has 0 bridgehead atoms. The third kappa shape index (κ3) is 6.06. The van der Waals surface area contributed by atoms with Gasteiger partial charge in [0.1, 0.15) is 0 Å². The summed E-state index contributed by atoms with van der Waals surface area (Å²) < 4.78 is 0. The number of nitrogens with one attached hydrogen (secondary N) is 3. The van der Waals surface area contributed by atoms with Crippen LogP contribution in [0.5, 0.6) is 0 Å². The molecule has 0 radical (unpaired) electrons. The fourth-order valence-electron chi connectivity index (χ4n) is 1.98. The largest absolute Gasteiger partial charge is 0.338 e. The SMILES string of the molecule is CCCCCCNC(=O)Nc1cccc(C(C)NC)c1. The molecule has 0 fully saturated rings. The Morgan fingerprint density at radius 3 is 2.75 bits per heavy atom. The van der Waals surface area contributed by atoms with Gasteiger partial charge in [0.2, 0.25) is 0 Å². The van der Waals surface area contributed by atoms with Crippen molar-refractivity contribution in [1.82, 2.24) is 10.6 Å². The topological polar surface area (TPSA) is 53.2 Å². The number of unbranched alkanes of at least 4 members (excludes halogenated alkanes) is 3. The molecule has 1 rings (SSSR count). The molecule has 112 valence electrons. The predicted molar refractivity (Wildman–Crippen MR) is 85.1 cm³/mol. The van der Waals surface area contributed by atoms with Gasteiger partial charge in [-0.1, -0.05) is 38.3 Å². The van der Waals surface area contributed by atoms with E-state index in [1.165, 1.54) is 19.3 Å². The molecule has 0 saturated carbocycles. The van der Waals surface area contributed by atoms with Crippen molar-refractivity contribution in [2.75, 3.05) is 18.9 Å². The number of benzene rings is 1. The van der Waals surface area contributed by atoms with Crippen molar-refractivity contribution in [3.05, 3.63) is 29.8 Å². The van der Waals surface area contributed by atoms with Crippen molar-refractivity contribution < 1.29 is 4.79 Å². The molecule has 4 heteroatoms. The van der Waals surface area contributed by atoms with Gasteiger partial charge in [0.25, 0.3) is 0 Å². The Kier molecular flexibility index (Phi) is 7.73.